The molecule has 1 unspecified atom stereocenters. The molecule has 0 aliphatic heterocycles. The molecular formula is C9H15ClN2S. The Labute approximate surface area is 88.5 Å². The summed E-state index contributed by atoms with van der Waals surface area (Å²) in [6, 6.07) is 0. The summed E-state index contributed by atoms with van der Waals surface area (Å²) in [5.74, 6) is 0.594. The van der Waals surface area contributed by atoms with Gasteiger partial charge in [-0.05, 0) is 34.5 Å². The van der Waals surface area contributed by atoms with Crippen LogP contribution in [0.3, 0.4) is 0 Å². The molecule has 0 N–H and O–H groups in total. The van der Waals surface area contributed by atoms with Crippen LogP contribution < -0.4 is 0 Å². The van der Waals surface area contributed by atoms with E-state index in [9.17, 15) is 0 Å². The minimum atomic E-state index is 0.318. The van der Waals surface area contributed by atoms with Gasteiger partial charge in [0.2, 0.25) is 5.28 Å². The largest absolute Gasteiger partial charge is 0.234 e. The molecule has 1 rings (SSSR count). The summed E-state index contributed by atoms with van der Waals surface area (Å²) in [6.07, 6.45) is 0.966. The van der Waals surface area contributed by atoms with Gasteiger partial charge in [-0.15, -0.1) is 0 Å². The van der Waals surface area contributed by atoms with Crippen molar-refractivity contribution in [3.05, 3.63) is 10.3 Å². The maximum atomic E-state index is 5.65. The summed E-state index contributed by atoms with van der Waals surface area (Å²) in [6.45, 7) is 8.94. The average Bonchev–Trinajstić information content (AvgIpc) is 2.33. The van der Waals surface area contributed by atoms with Crippen molar-refractivity contribution in [3.63, 3.8) is 0 Å². The predicted molar refractivity (Wildman–Crippen MR) is 57.2 cm³/mol. The number of hydrogen-bond acceptors (Lipinski definition) is 3. The van der Waals surface area contributed by atoms with Gasteiger partial charge in [0.05, 0.1) is 0 Å². The van der Waals surface area contributed by atoms with E-state index < -0.39 is 0 Å². The molecule has 0 radical (unpaired) electrons. The first-order valence-corrected chi connectivity index (χ1v) is 5.53. The van der Waals surface area contributed by atoms with E-state index in [1.54, 1.807) is 0 Å². The van der Waals surface area contributed by atoms with Crippen LogP contribution in [0.1, 0.15) is 32.7 Å². The van der Waals surface area contributed by atoms with E-state index in [1.165, 1.54) is 11.5 Å². The highest BCUT2D eigenvalue weighted by Crippen LogP contribution is 2.29. The molecule has 1 heterocycles. The third-order valence-corrected chi connectivity index (χ3v) is 3.40. The maximum absolute atomic E-state index is 5.65. The molecule has 0 bridgehead atoms. The number of nitrogens with zero attached hydrogens (tertiary/aromatic N) is 2. The van der Waals surface area contributed by atoms with Crippen LogP contribution in [-0.4, -0.2) is 9.36 Å². The number of aromatic nitrogens is 2. The molecule has 4 heteroatoms. The molecule has 0 aromatic carbocycles. The summed E-state index contributed by atoms with van der Waals surface area (Å²) in [5.41, 5.74) is 0.318. The first kappa shape index (κ1) is 10.9. The van der Waals surface area contributed by atoms with Gasteiger partial charge in [0.15, 0.2) is 0 Å². The lowest BCUT2D eigenvalue weighted by molar-refractivity contribution is 0.260. The maximum Gasteiger partial charge on any atom is 0.234 e. The number of rotatable bonds is 2. The number of halogens is 1. The lowest BCUT2D eigenvalue weighted by atomic mass is 9.80. The average molecular weight is 219 g/mol. The zero-order chi connectivity index (χ0) is 10.1. The lowest BCUT2D eigenvalue weighted by Gasteiger charge is -2.26. The van der Waals surface area contributed by atoms with Crippen LogP contribution in [0.2, 0.25) is 5.28 Å². The lowest BCUT2D eigenvalue weighted by Crippen LogP contribution is -2.19. The highest BCUT2D eigenvalue weighted by atomic mass is 35.5. The second-order valence-corrected chi connectivity index (χ2v) is 5.60. The highest BCUT2D eigenvalue weighted by molar-refractivity contribution is 7.05. The van der Waals surface area contributed by atoms with Gasteiger partial charge in [-0.25, -0.2) is 4.98 Å². The molecule has 1 aromatic heterocycles. The summed E-state index contributed by atoms with van der Waals surface area (Å²) in [4.78, 5) is 4.14. The van der Waals surface area contributed by atoms with Gasteiger partial charge in [-0.3, -0.25) is 0 Å². The van der Waals surface area contributed by atoms with Crippen molar-refractivity contribution >= 4 is 23.1 Å². The van der Waals surface area contributed by atoms with Gasteiger partial charge in [0.25, 0.3) is 0 Å². The third kappa shape index (κ3) is 3.24. The van der Waals surface area contributed by atoms with Gasteiger partial charge >= 0.3 is 0 Å². The van der Waals surface area contributed by atoms with E-state index in [-0.39, 0.29) is 0 Å². The molecular weight excluding hydrogens is 204 g/mol. The normalized spacial score (nSPS) is 14.5. The smallest absolute Gasteiger partial charge is 0.210 e. The molecule has 1 aromatic rings. The predicted octanol–water partition coefficient (Wildman–Crippen LogP) is 3.42. The minimum Gasteiger partial charge on any atom is -0.210 e. The van der Waals surface area contributed by atoms with E-state index in [4.69, 9.17) is 11.6 Å². The Bertz CT molecular complexity index is 277. The first-order chi connectivity index (χ1) is 5.89. The second-order valence-electron chi connectivity index (χ2n) is 4.43. The first-order valence-electron chi connectivity index (χ1n) is 4.37. The Balaban J connectivity index is 2.60. The van der Waals surface area contributed by atoms with Crippen LogP contribution in [0.25, 0.3) is 0 Å². The summed E-state index contributed by atoms with van der Waals surface area (Å²) < 4.78 is 3.95. The van der Waals surface area contributed by atoms with E-state index in [0.717, 1.165) is 11.4 Å². The topological polar surface area (TPSA) is 25.8 Å². The van der Waals surface area contributed by atoms with Gasteiger partial charge in [-0.2, -0.15) is 4.37 Å². The Morgan fingerprint density at radius 1 is 1.46 bits per heavy atom. The molecule has 13 heavy (non-hydrogen) atoms. The highest BCUT2D eigenvalue weighted by Gasteiger charge is 2.21. The molecule has 1 atom stereocenters. The van der Waals surface area contributed by atoms with Crippen LogP contribution in [0.15, 0.2) is 0 Å². The molecule has 74 valence electrons. The Hall–Kier alpha value is -0.150. The summed E-state index contributed by atoms with van der Waals surface area (Å²) in [5, 5.41) is 1.41. The van der Waals surface area contributed by atoms with Crippen molar-refractivity contribution in [1.29, 1.82) is 0 Å². The molecule has 0 aliphatic rings. The quantitative estimate of drug-likeness (QED) is 0.760. The van der Waals surface area contributed by atoms with Gasteiger partial charge in [-0.1, -0.05) is 27.7 Å². The van der Waals surface area contributed by atoms with Crippen LogP contribution in [-0.2, 0) is 6.42 Å². The third-order valence-electron chi connectivity index (χ3n) is 2.40. The molecule has 0 saturated heterocycles. The van der Waals surface area contributed by atoms with E-state index in [2.05, 4.69) is 37.1 Å². The fraction of sp³-hybridized carbons (Fsp3) is 0.778. The van der Waals surface area contributed by atoms with Crippen molar-refractivity contribution in [2.45, 2.75) is 34.1 Å². The van der Waals surface area contributed by atoms with Crippen LogP contribution in [0, 0.1) is 11.3 Å². The SMILES string of the molecule is CC(Cc1nc(Cl)ns1)C(C)(C)C. The monoisotopic (exact) mass is 218 g/mol. The van der Waals surface area contributed by atoms with Crippen molar-refractivity contribution in [2.75, 3.05) is 0 Å². The standard InChI is InChI=1S/C9H15ClN2S/c1-6(9(2,3)4)5-7-11-8(10)12-13-7/h6H,5H2,1-4H3. The fourth-order valence-corrected chi connectivity index (χ4v) is 1.81. The molecule has 0 amide bonds. The van der Waals surface area contributed by atoms with Gasteiger partial charge in [0, 0.05) is 6.42 Å². The minimum absolute atomic E-state index is 0.318. The zero-order valence-corrected chi connectivity index (χ0v) is 10.0. The fourth-order valence-electron chi connectivity index (χ4n) is 0.885. The van der Waals surface area contributed by atoms with E-state index >= 15 is 0 Å². The summed E-state index contributed by atoms with van der Waals surface area (Å²) >= 11 is 7.05. The van der Waals surface area contributed by atoms with Crippen molar-refractivity contribution in [3.8, 4) is 0 Å². The number of hydrogen-bond donors (Lipinski definition) is 0. The Morgan fingerprint density at radius 2 is 2.08 bits per heavy atom. The van der Waals surface area contributed by atoms with Crippen LogP contribution in [0.5, 0.6) is 0 Å². The Morgan fingerprint density at radius 3 is 2.46 bits per heavy atom. The van der Waals surface area contributed by atoms with Crippen molar-refractivity contribution in [2.24, 2.45) is 11.3 Å². The van der Waals surface area contributed by atoms with Gasteiger partial charge in [0.1, 0.15) is 5.01 Å². The summed E-state index contributed by atoms with van der Waals surface area (Å²) in [7, 11) is 0. The van der Waals surface area contributed by atoms with Gasteiger partial charge < -0.3 is 0 Å². The molecule has 2 nitrogen and oxygen atoms in total. The Kier molecular flexibility index (Phi) is 3.30. The molecule has 0 aliphatic carbocycles. The van der Waals surface area contributed by atoms with Crippen LogP contribution >= 0.6 is 23.1 Å². The van der Waals surface area contributed by atoms with Crippen LogP contribution in [0.4, 0.5) is 0 Å². The second kappa shape index (κ2) is 3.93. The van der Waals surface area contributed by atoms with E-state index in [0.29, 0.717) is 16.6 Å². The van der Waals surface area contributed by atoms with E-state index in [1.807, 2.05) is 0 Å². The zero-order valence-electron chi connectivity index (χ0n) is 8.47. The van der Waals surface area contributed by atoms with Crippen molar-refractivity contribution < 1.29 is 0 Å². The molecule has 0 fully saturated rings. The van der Waals surface area contributed by atoms with Crippen molar-refractivity contribution in [1.82, 2.24) is 9.36 Å². The molecule has 0 saturated carbocycles. The molecule has 0 spiro atoms.